The Balaban J connectivity index is 1.85. The van der Waals surface area contributed by atoms with Crippen molar-refractivity contribution in [3.05, 3.63) is 100 Å². The van der Waals surface area contributed by atoms with Crippen molar-refractivity contribution in [3.8, 4) is 0 Å². The van der Waals surface area contributed by atoms with E-state index in [9.17, 15) is 9.35 Å². The van der Waals surface area contributed by atoms with Crippen LogP contribution in [0.25, 0.3) is 10.9 Å². The molecule has 0 saturated heterocycles. The normalized spacial score (nSPS) is 14.0. The Kier molecular flexibility index (Phi) is 9.29. The maximum atomic E-state index is 13.8. The monoisotopic (exact) mass is 615 g/mol. The van der Waals surface area contributed by atoms with Gasteiger partial charge in [-0.15, -0.1) is 0 Å². The summed E-state index contributed by atoms with van der Waals surface area (Å²) in [5.74, 6) is 0.623. The van der Waals surface area contributed by atoms with Crippen LogP contribution < -0.4 is 15.9 Å². The third-order valence-electron chi connectivity index (χ3n) is 7.84. The maximum Gasteiger partial charge on any atom is 0.261 e. The lowest BCUT2D eigenvalue weighted by Gasteiger charge is -2.44. The van der Waals surface area contributed by atoms with E-state index in [4.69, 9.17) is 9.41 Å². The van der Waals surface area contributed by atoms with E-state index in [1.165, 1.54) is 10.4 Å². The molecule has 0 saturated carbocycles. The number of fused-ring (bicyclic) bond motifs is 1. The van der Waals surface area contributed by atoms with Gasteiger partial charge in [0.15, 0.2) is 0 Å². The van der Waals surface area contributed by atoms with E-state index < -0.39 is 29.8 Å². The molecule has 3 aromatic carbocycles. The molecule has 0 radical (unpaired) electrons. The van der Waals surface area contributed by atoms with Gasteiger partial charge in [0.2, 0.25) is 0 Å². The Morgan fingerprint density at radius 3 is 1.95 bits per heavy atom. The fourth-order valence-corrected chi connectivity index (χ4v) is 10.9. The van der Waals surface area contributed by atoms with Crippen LogP contribution >= 0.6 is 0 Å². The molecule has 0 amide bonds. The van der Waals surface area contributed by atoms with Crippen molar-refractivity contribution in [2.45, 2.75) is 77.5 Å². The Bertz CT molecular complexity index is 1630. The Morgan fingerprint density at radius 1 is 0.930 bits per heavy atom. The summed E-state index contributed by atoms with van der Waals surface area (Å²) < 4.78 is 25.5. The summed E-state index contributed by atoms with van der Waals surface area (Å²) in [5.41, 5.74) is 1.39. The lowest BCUT2D eigenvalue weighted by molar-refractivity contribution is 0.216. The molecule has 0 spiro atoms. The SMILES string of the molecule is Cc1cc(C=N[S@+]([O-])C(C)(C)C)c2nc(C(C)(C)CO[Si](c3ccccc3)(c3ccccc3)C(C)(C)C)n(C)c(=O)c2c1. The standard InChI is InChI=1S/C35H45N3O3SSi/c1-25-21-26(23-36-42(40)33(2,3)4)30-29(22-25)31(39)38(10)32(37-30)35(8,9)24-41-43(34(5,6)7,27-17-13-11-14-18-27)28-19-15-12-16-20-28/h11-23H,24H2,1-10H3/t42-/m1/s1. The maximum absolute atomic E-state index is 13.8. The van der Waals surface area contributed by atoms with E-state index in [1.54, 1.807) is 17.8 Å². The molecule has 0 N–H and O–H groups in total. The third-order valence-corrected chi connectivity index (χ3v) is 14.2. The number of aryl methyl sites for hydroxylation is 1. The van der Waals surface area contributed by atoms with Gasteiger partial charge in [-0.1, -0.05) is 99.7 Å². The number of nitrogens with zero attached hydrogens (tertiary/aromatic N) is 3. The molecule has 1 atom stereocenters. The van der Waals surface area contributed by atoms with Gasteiger partial charge in [0.25, 0.3) is 13.9 Å². The van der Waals surface area contributed by atoms with Crippen LogP contribution in [0.4, 0.5) is 0 Å². The van der Waals surface area contributed by atoms with E-state index in [-0.39, 0.29) is 10.6 Å². The van der Waals surface area contributed by atoms with Crippen molar-refractivity contribution in [3.63, 3.8) is 0 Å². The molecule has 0 aliphatic rings. The summed E-state index contributed by atoms with van der Waals surface area (Å²) in [6.07, 6.45) is 1.60. The molecule has 0 fully saturated rings. The van der Waals surface area contributed by atoms with Crippen molar-refractivity contribution < 1.29 is 8.98 Å². The van der Waals surface area contributed by atoms with Crippen LogP contribution in [0, 0.1) is 6.92 Å². The summed E-state index contributed by atoms with van der Waals surface area (Å²) in [6.45, 7) is 18.9. The topological polar surface area (TPSA) is 79.5 Å². The van der Waals surface area contributed by atoms with Gasteiger partial charge in [-0.05, 0) is 60.8 Å². The Labute approximate surface area is 260 Å². The van der Waals surface area contributed by atoms with Gasteiger partial charge in [0.1, 0.15) is 21.9 Å². The first-order valence-electron chi connectivity index (χ1n) is 14.7. The Morgan fingerprint density at radius 2 is 1.47 bits per heavy atom. The van der Waals surface area contributed by atoms with E-state index in [0.717, 1.165) is 5.56 Å². The first-order chi connectivity index (χ1) is 20.0. The van der Waals surface area contributed by atoms with Gasteiger partial charge in [-0.3, -0.25) is 9.36 Å². The summed E-state index contributed by atoms with van der Waals surface area (Å²) >= 11 is -1.43. The molecule has 0 unspecified atom stereocenters. The van der Waals surface area contributed by atoms with E-state index in [2.05, 4.69) is 87.5 Å². The highest BCUT2D eigenvalue weighted by molar-refractivity contribution is 7.91. The molecular weight excluding hydrogens is 571 g/mol. The number of benzene rings is 3. The second kappa shape index (κ2) is 12.2. The average Bonchev–Trinajstić information content (AvgIpc) is 2.93. The predicted octanol–water partition coefficient (Wildman–Crippen LogP) is 5.98. The lowest BCUT2D eigenvalue weighted by atomic mass is 9.93. The lowest BCUT2D eigenvalue weighted by Crippen LogP contribution is -2.67. The second-order valence-electron chi connectivity index (χ2n) is 14.0. The summed E-state index contributed by atoms with van der Waals surface area (Å²) in [5, 5.41) is 2.73. The van der Waals surface area contributed by atoms with Crippen LogP contribution in [0.3, 0.4) is 0 Å². The van der Waals surface area contributed by atoms with Crippen LogP contribution in [-0.4, -0.2) is 40.0 Å². The zero-order chi connectivity index (χ0) is 31.8. The van der Waals surface area contributed by atoms with Gasteiger partial charge < -0.3 is 8.98 Å². The molecule has 43 heavy (non-hydrogen) atoms. The fourth-order valence-electron chi connectivity index (χ4n) is 5.63. The third kappa shape index (κ3) is 6.58. The summed E-state index contributed by atoms with van der Waals surface area (Å²) in [6, 6.07) is 24.9. The zero-order valence-corrected chi connectivity index (χ0v) is 29.0. The fraction of sp³-hybridized carbons (Fsp3) is 0.400. The van der Waals surface area contributed by atoms with Crippen LogP contribution in [0.1, 0.15) is 72.3 Å². The van der Waals surface area contributed by atoms with Crippen LogP contribution in [0.15, 0.2) is 82.0 Å². The first-order valence-corrected chi connectivity index (χ1v) is 17.7. The van der Waals surface area contributed by atoms with Crippen molar-refractivity contribution in [1.29, 1.82) is 0 Å². The molecule has 4 rings (SSSR count). The molecule has 228 valence electrons. The number of rotatable bonds is 8. The van der Waals surface area contributed by atoms with Crippen LogP contribution in [-0.2, 0) is 28.3 Å². The minimum Gasteiger partial charge on any atom is -0.591 e. The van der Waals surface area contributed by atoms with Gasteiger partial charge >= 0.3 is 0 Å². The molecule has 6 nitrogen and oxygen atoms in total. The van der Waals surface area contributed by atoms with E-state index in [1.807, 2.05) is 52.0 Å². The molecule has 0 bridgehead atoms. The Hall–Kier alpha value is -3.04. The van der Waals surface area contributed by atoms with Crippen molar-refractivity contribution >= 4 is 47.2 Å². The molecule has 0 aliphatic heterocycles. The first kappa shape index (κ1) is 32.9. The minimum absolute atomic E-state index is 0.131. The molecule has 0 aliphatic carbocycles. The predicted molar refractivity (Wildman–Crippen MR) is 184 cm³/mol. The van der Waals surface area contributed by atoms with Crippen molar-refractivity contribution in [2.24, 2.45) is 11.4 Å². The second-order valence-corrected chi connectivity index (χ2v) is 20.2. The van der Waals surface area contributed by atoms with Gasteiger partial charge in [0.05, 0.1) is 17.1 Å². The number of hydrogen-bond donors (Lipinski definition) is 0. The minimum atomic E-state index is -2.81. The van der Waals surface area contributed by atoms with Gasteiger partial charge in [0, 0.05) is 24.6 Å². The zero-order valence-electron chi connectivity index (χ0n) is 27.2. The van der Waals surface area contributed by atoms with E-state index >= 15 is 0 Å². The number of hydrogen-bond acceptors (Lipinski definition) is 5. The van der Waals surface area contributed by atoms with Gasteiger partial charge in [-0.25, -0.2) is 4.98 Å². The smallest absolute Gasteiger partial charge is 0.261 e. The summed E-state index contributed by atoms with van der Waals surface area (Å²) in [7, 11) is -1.03. The van der Waals surface area contributed by atoms with Crippen molar-refractivity contribution in [1.82, 2.24) is 9.55 Å². The number of aromatic nitrogens is 2. The molecule has 1 aromatic heterocycles. The molecule has 8 heteroatoms. The van der Waals surface area contributed by atoms with Crippen molar-refractivity contribution in [2.75, 3.05) is 6.61 Å². The molecule has 1 heterocycles. The van der Waals surface area contributed by atoms with E-state index in [0.29, 0.717) is 28.9 Å². The van der Waals surface area contributed by atoms with Crippen LogP contribution in [0.2, 0.25) is 5.04 Å². The average molecular weight is 616 g/mol. The summed E-state index contributed by atoms with van der Waals surface area (Å²) in [4.78, 5) is 18.9. The molecular formula is C35H45N3O3SSi. The highest BCUT2D eigenvalue weighted by Gasteiger charge is 2.51. The highest BCUT2D eigenvalue weighted by atomic mass is 32.2. The quantitative estimate of drug-likeness (QED) is 0.139. The van der Waals surface area contributed by atoms with Crippen LogP contribution in [0.5, 0.6) is 0 Å². The highest BCUT2D eigenvalue weighted by Crippen LogP contribution is 2.38. The largest absolute Gasteiger partial charge is 0.591 e. The molecule has 4 aromatic rings. The van der Waals surface area contributed by atoms with Gasteiger partial charge in [-0.2, -0.15) is 0 Å².